The molecule has 2 rings (SSSR count). The molecule has 0 radical (unpaired) electrons. The van der Waals surface area contributed by atoms with Crippen LogP contribution in [0.25, 0.3) is 0 Å². The second kappa shape index (κ2) is 4.94. The Labute approximate surface area is 114 Å². The van der Waals surface area contributed by atoms with Crippen LogP contribution in [0.4, 0.5) is 0 Å². The van der Waals surface area contributed by atoms with E-state index in [1.165, 1.54) is 0 Å². The van der Waals surface area contributed by atoms with Crippen molar-refractivity contribution in [3.8, 4) is 0 Å². The van der Waals surface area contributed by atoms with E-state index in [2.05, 4.69) is 5.32 Å². The van der Waals surface area contributed by atoms with Crippen molar-refractivity contribution in [1.29, 1.82) is 0 Å². The summed E-state index contributed by atoms with van der Waals surface area (Å²) in [6.45, 7) is 6.39. The molecule has 1 aliphatic rings. The van der Waals surface area contributed by atoms with Crippen molar-refractivity contribution >= 4 is 5.91 Å². The fourth-order valence-electron chi connectivity index (χ4n) is 2.30. The Hall–Kier alpha value is -1.39. The largest absolute Gasteiger partial charge is 0.376 e. The normalized spacial score (nSPS) is 29.8. The molecule has 3 unspecified atom stereocenters. The fourth-order valence-corrected chi connectivity index (χ4v) is 2.30. The molecular formula is C15H22N2O2. The van der Waals surface area contributed by atoms with Gasteiger partial charge >= 0.3 is 0 Å². The van der Waals surface area contributed by atoms with Crippen molar-refractivity contribution in [3.63, 3.8) is 0 Å². The summed E-state index contributed by atoms with van der Waals surface area (Å²) in [7, 11) is 0. The second-order valence-corrected chi connectivity index (χ2v) is 5.70. The minimum Gasteiger partial charge on any atom is -0.376 e. The van der Waals surface area contributed by atoms with E-state index < -0.39 is 5.54 Å². The maximum Gasteiger partial charge on any atom is 0.244 e. The zero-order valence-electron chi connectivity index (χ0n) is 11.8. The van der Waals surface area contributed by atoms with Crippen LogP contribution in [-0.4, -0.2) is 24.2 Å². The van der Waals surface area contributed by atoms with Crippen LogP contribution in [0.5, 0.6) is 0 Å². The van der Waals surface area contributed by atoms with E-state index in [1.807, 2.05) is 44.2 Å². The highest BCUT2D eigenvalue weighted by Gasteiger charge is 2.42. The molecule has 0 aromatic heterocycles. The number of ether oxygens (including phenoxy) is 1. The molecule has 0 saturated carbocycles. The summed E-state index contributed by atoms with van der Waals surface area (Å²) < 4.78 is 5.53. The average Bonchev–Trinajstić information content (AvgIpc) is 2.70. The summed E-state index contributed by atoms with van der Waals surface area (Å²) in [5.41, 5.74) is 5.64. The first-order valence-electron chi connectivity index (χ1n) is 6.65. The summed E-state index contributed by atoms with van der Waals surface area (Å²) in [4.78, 5) is 12.5. The number of carbonyl (C=O) groups is 1. The van der Waals surface area contributed by atoms with Crippen LogP contribution >= 0.6 is 0 Å². The van der Waals surface area contributed by atoms with Gasteiger partial charge in [-0.05, 0) is 32.8 Å². The smallest absolute Gasteiger partial charge is 0.244 e. The van der Waals surface area contributed by atoms with Crippen molar-refractivity contribution < 1.29 is 9.53 Å². The topological polar surface area (TPSA) is 64.3 Å². The molecule has 1 amide bonds. The molecule has 1 aromatic rings. The average molecular weight is 262 g/mol. The molecule has 4 nitrogen and oxygen atoms in total. The molecule has 0 spiro atoms. The zero-order valence-corrected chi connectivity index (χ0v) is 11.8. The predicted octanol–water partition coefficient (Wildman–Crippen LogP) is 1.54. The van der Waals surface area contributed by atoms with Gasteiger partial charge in [0.2, 0.25) is 5.91 Å². The number of carbonyl (C=O) groups excluding carboxylic acids is 1. The number of rotatable bonds is 3. The molecule has 1 saturated heterocycles. The summed E-state index contributed by atoms with van der Waals surface area (Å²) >= 11 is 0. The molecule has 0 aliphatic carbocycles. The van der Waals surface area contributed by atoms with Crippen molar-refractivity contribution in [1.82, 2.24) is 5.32 Å². The third-order valence-corrected chi connectivity index (χ3v) is 4.13. The van der Waals surface area contributed by atoms with Crippen molar-refractivity contribution in [3.05, 3.63) is 35.9 Å². The highest BCUT2D eigenvalue weighted by atomic mass is 16.5. The van der Waals surface area contributed by atoms with E-state index in [0.29, 0.717) is 6.61 Å². The van der Waals surface area contributed by atoms with E-state index in [4.69, 9.17) is 10.5 Å². The Morgan fingerprint density at radius 1 is 1.47 bits per heavy atom. The number of hydrogen-bond acceptors (Lipinski definition) is 3. The Balaban J connectivity index is 2.16. The van der Waals surface area contributed by atoms with E-state index >= 15 is 0 Å². The Bertz CT molecular complexity index is 458. The van der Waals surface area contributed by atoms with Gasteiger partial charge in [-0.1, -0.05) is 30.3 Å². The summed E-state index contributed by atoms with van der Waals surface area (Å²) in [6, 6.07) is 9.42. The van der Waals surface area contributed by atoms with E-state index in [0.717, 1.165) is 12.0 Å². The maximum atomic E-state index is 12.5. The first-order valence-corrected chi connectivity index (χ1v) is 6.65. The van der Waals surface area contributed by atoms with E-state index in [1.54, 1.807) is 6.92 Å². The first-order chi connectivity index (χ1) is 8.86. The Morgan fingerprint density at radius 3 is 2.63 bits per heavy atom. The third-order valence-electron chi connectivity index (χ3n) is 4.13. The highest BCUT2D eigenvalue weighted by Crippen LogP contribution is 2.27. The van der Waals surface area contributed by atoms with Crippen molar-refractivity contribution in [2.45, 2.75) is 44.4 Å². The standard InChI is InChI=1S/C15H22N2O2/c1-11-14(2,9-10-19-11)17-13(18)15(3,16)12-7-5-4-6-8-12/h4-8,11H,9-10,16H2,1-3H3,(H,17,18). The number of nitrogens with two attached hydrogens (primary N) is 1. The van der Waals surface area contributed by atoms with Crippen LogP contribution in [0.15, 0.2) is 30.3 Å². The minimum absolute atomic E-state index is 0.00280. The van der Waals surface area contributed by atoms with Crippen LogP contribution in [0.2, 0.25) is 0 Å². The minimum atomic E-state index is -1.04. The maximum absolute atomic E-state index is 12.5. The molecule has 19 heavy (non-hydrogen) atoms. The molecule has 1 aliphatic heterocycles. The quantitative estimate of drug-likeness (QED) is 0.868. The molecule has 3 atom stereocenters. The summed E-state index contributed by atoms with van der Waals surface area (Å²) in [5.74, 6) is -0.168. The van der Waals surface area contributed by atoms with Crippen LogP contribution in [0.1, 0.15) is 32.8 Å². The SMILES string of the molecule is CC1OCCC1(C)NC(=O)C(C)(N)c1ccccc1. The molecule has 3 N–H and O–H groups in total. The van der Waals surface area contributed by atoms with Gasteiger partial charge in [0.05, 0.1) is 11.6 Å². The molecular weight excluding hydrogens is 240 g/mol. The number of hydrogen-bond donors (Lipinski definition) is 2. The predicted molar refractivity (Wildman–Crippen MR) is 74.6 cm³/mol. The van der Waals surface area contributed by atoms with Gasteiger partial charge in [0, 0.05) is 6.61 Å². The van der Waals surface area contributed by atoms with Crippen LogP contribution in [0, 0.1) is 0 Å². The van der Waals surface area contributed by atoms with Gasteiger partial charge in [-0.2, -0.15) is 0 Å². The summed E-state index contributed by atoms with van der Waals surface area (Å²) in [5, 5.41) is 3.05. The molecule has 4 heteroatoms. The van der Waals surface area contributed by atoms with Crippen molar-refractivity contribution in [2.24, 2.45) is 5.73 Å². The van der Waals surface area contributed by atoms with Gasteiger partial charge < -0.3 is 15.8 Å². The Kier molecular flexibility index (Phi) is 3.65. The molecule has 1 fully saturated rings. The lowest BCUT2D eigenvalue weighted by Gasteiger charge is -2.33. The molecule has 1 heterocycles. The molecule has 0 bridgehead atoms. The Morgan fingerprint density at radius 2 is 2.11 bits per heavy atom. The molecule has 104 valence electrons. The van der Waals surface area contributed by atoms with Gasteiger partial charge in [-0.15, -0.1) is 0 Å². The number of benzene rings is 1. The van der Waals surface area contributed by atoms with Crippen LogP contribution < -0.4 is 11.1 Å². The van der Waals surface area contributed by atoms with E-state index in [9.17, 15) is 4.79 Å². The monoisotopic (exact) mass is 262 g/mol. The lowest BCUT2D eigenvalue weighted by atomic mass is 9.88. The van der Waals surface area contributed by atoms with Gasteiger partial charge in [0.25, 0.3) is 0 Å². The van der Waals surface area contributed by atoms with Gasteiger partial charge in [0.15, 0.2) is 0 Å². The number of amides is 1. The first kappa shape index (κ1) is 14.0. The highest BCUT2D eigenvalue weighted by molar-refractivity contribution is 5.87. The third kappa shape index (κ3) is 2.65. The van der Waals surface area contributed by atoms with E-state index in [-0.39, 0.29) is 17.6 Å². The number of nitrogens with one attached hydrogen (secondary N) is 1. The lowest BCUT2D eigenvalue weighted by molar-refractivity contribution is -0.128. The summed E-state index contributed by atoms with van der Waals surface area (Å²) in [6.07, 6.45) is 0.813. The second-order valence-electron chi connectivity index (χ2n) is 5.70. The fraction of sp³-hybridized carbons (Fsp3) is 0.533. The zero-order chi connectivity index (χ0) is 14.1. The lowest BCUT2D eigenvalue weighted by Crippen LogP contribution is -2.58. The van der Waals surface area contributed by atoms with Gasteiger partial charge in [0.1, 0.15) is 5.54 Å². The van der Waals surface area contributed by atoms with Crippen LogP contribution in [-0.2, 0) is 15.1 Å². The van der Waals surface area contributed by atoms with Crippen LogP contribution in [0.3, 0.4) is 0 Å². The van der Waals surface area contributed by atoms with Crippen molar-refractivity contribution in [2.75, 3.05) is 6.61 Å². The molecule has 1 aromatic carbocycles. The van der Waals surface area contributed by atoms with Gasteiger partial charge in [-0.25, -0.2) is 0 Å². The van der Waals surface area contributed by atoms with Gasteiger partial charge in [-0.3, -0.25) is 4.79 Å².